The van der Waals surface area contributed by atoms with E-state index in [0.29, 0.717) is 11.5 Å². The molecule has 2 aliphatic rings. The van der Waals surface area contributed by atoms with E-state index >= 15 is 0 Å². The number of aliphatic hydroxyl groups excluding tert-OH is 1. The van der Waals surface area contributed by atoms with E-state index in [-0.39, 0.29) is 6.10 Å². The summed E-state index contributed by atoms with van der Waals surface area (Å²) in [5.41, 5.74) is 0.438. The van der Waals surface area contributed by atoms with Gasteiger partial charge in [0, 0.05) is 19.1 Å². The van der Waals surface area contributed by atoms with E-state index in [1.807, 2.05) is 0 Å². The molecule has 20 heavy (non-hydrogen) atoms. The van der Waals surface area contributed by atoms with Crippen LogP contribution in [0.1, 0.15) is 52.9 Å². The van der Waals surface area contributed by atoms with Crippen molar-refractivity contribution >= 4 is 0 Å². The van der Waals surface area contributed by atoms with Crippen LogP contribution in [0.5, 0.6) is 0 Å². The molecule has 2 atom stereocenters. The fourth-order valence-corrected chi connectivity index (χ4v) is 4.22. The summed E-state index contributed by atoms with van der Waals surface area (Å²) in [6.45, 7) is 10.6. The van der Waals surface area contributed by atoms with E-state index < -0.39 is 0 Å². The summed E-state index contributed by atoms with van der Waals surface area (Å²) in [5.74, 6) is 1.51. The molecule has 2 rings (SSSR count). The van der Waals surface area contributed by atoms with Gasteiger partial charge in [-0.05, 0) is 62.9 Å². The Bertz CT molecular complexity index is 299. The molecule has 0 aromatic rings. The number of hydrogen-bond acceptors (Lipinski definition) is 3. The Morgan fingerprint density at radius 1 is 1.25 bits per heavy atom. The van der Waals surface area contributed by atoms with Crippen molar-refractivity contribution in [3.63, 3.8) is 0 Å². The Labute approximate surface area is 125 Å². The van der Waals surface area contributed by atoms with Gasteiger partial charge in [0.15, 0.2) is 0 Å². The molecule has 0 aromatic heterocycles. The molecule has 3 nitrogen and oxygen atoms in total. The zero-order valence-electron chi connectivity index (χ0n) is 13.9. The molecular weight excluding hydrogens is 248 g/mol. The molecule has 2 saturated carbocycles. The average Bonchev–Trinajstić information content (AvgIpc) is 2.60. The maximum Gasteiger partial charge on any atom is 0.0546 e. The first-order valence-electron chi connectivity index (χ1n) is 8.52. The van der Waals surface area contributed by atoms with E-state index in [0.717, 1.165) is 37.8 Å². The van der Waals surface area contributed by atoms with E-state index in [1.165, 1.54) is 25.8 Å². The quantitative estimate of drug-likeness (QED) is 0.753. The summed E-state index contributed by atoms with van der Waals surface area (Å²) in [5, 5.41) is 13.2. The van der Waals surface area contributed by atoms with Crippen LogP contribution in [0.3, 0.4) is 0 Å². The first-order valence-corrected chi connectivity index (χ1v) is 8.52. The van der Waals surface area contributed by atoms with Crippen LogP contribution in [-0.4, -0.2) is 48.8 Å². The lowest BCUT2D eigenvalue weighted by Crippen LogP contribution is -2.46. The Morgan fingerprint density at radius 3 is 2.55 bits per heavy atom. The third kappa shape index (κ3) is 3.96. The van der Waals surface area contributed by atoms with Crippen molar-refractivity contribution in [1.82, 2.24) is 10.2 Å². The minimum absolute atomic E-state index is 0.0159. The second-order valence-electron chi connectivity index (χ2n) is 7.93. The molecule has 0 aliphatic heterocycles. The minimum Gasteiger partial charge on any atom is -0.393 e. The van der Waals surface area contributed by atoms with Gasteiger partial charge in [-0.2, -0.15) is 0 Å². The van der Waals surface area contributed by atoms with E-state index in [1.54, 1.807) is 0 Å². The molecule has 0 saturated heterocycles. The number of aliphatic hydroxyl groups is 1. The van der Waals surface area contributed by atoms with Crippen LogP contribution in [0.2, 0.25) is 0 Å². The second-order valence-corrected chi connectivity index (χ2v) is 7.93. The van der Waals surface area contributed by atoms with Crippen LogP contribution in [-0.2, 0) is 0 Å². The highest BCUT2D eigenvalue weighted by molar-refractivity contribution is 4.97. The fourth-order valence-electron chi connectivity index (χ4n) is 4.22. The van der Waals surface area contributed by atoms with Gasteiger partial charge in [0.2, 0.25) is 0 Å². The van der Waals surface area contributed by atoms with Crippen LogP contribution < -0.4 is 5.32 Å². The number of nitrogens with one attached hydrogen (secondary N) is 1. The van der Waals surface area contributed by atoms with Gasteiger partial charge in [-0.3, -0.25) is 0 Å². The third-order valence-corrected chi connectivity index (χ3v) is 5.41. The van der Waals surface area contributed by atoms with Crippen molar-refractivity contribution in [2.45, 2.75) is 65.0 Å². The van der Waals surface area contributed by atoms with Crippen LogP contribution in [0.15, 0.2) is 0 Å². The Kier molecular flexibility index (Phi) is 5.49. The SMILES string of the molecule is CCCNC1C(CN(C)CC2CC(O)C2)CCC1(C)C. The monoisotopic (exact) mass is 282 g/mol. The summed E-state index contributed by atoms with van der Waals surface area (Å²) in [6.07, 6.45) is 5.92. The molecular formula is C17H34N2O. The zero-order valence-corrected chi connectivity index (χ0v) is 13.9. The predicted molar refractivity (Wildman–Crippen MR) is 84.8 cm³/mol. The summed E-state index contributed by atoms with van der Waals surface area (Å²) < 4.78 is 0. The Morgan fingerprint density at radius 2 is 1.95 bits per heavy atom. The molecule has 0 aromatic carbocycles. The molecule has 118 valence electrons. The average molecular weight is 282 g/mol. The van der Waals surface area contributed by atoms with Gasteiger partial charge in [-0.1, -0.05) is 20.8 Å². The Balaban J connectivity index is 1.80. The summed E-state index contributed by atoms with van der Waals surface area (Å²) >= 11 is 0. The first kappa shape index (κ1) is 16.3. The highest BCUT2D eigenvalue weighted by Gasteiger charge is 2.41. The van der Waals surface area contributed by atoms with Crippen molar-refractivity contribution in [2.24, 2.45) is 17.3 Å². The van der Waals surface area contributed by atoms with Gasteiger partial charge < -0.3 is 15.3 Å². The van der Waals surface area contributed by atoms with E-state index in [9.17, 15) is 5.11 Å². The minimum atomic E-state index is -0.0159. The van der Waals surface area contributed by atoms with Gasteiger partial charge in [0.25, 0.3) is 0 Å². The topological polar surface area (TPSA) is 35.5 Å². The number of rotatable bonds is 7. The van der Waals surface area contributed by atoms with E-state index in [4.69, 9.17) is 0 Å². The van der Waals surface area contributed by atoms with Gasteiger partial charge in [-0.25, -0.2) is 0 Å². The van der Waals surface area contributed by atoms with Crippen LogP contribution >= 0.6 is 0 Å². The smallest absolute Gasteiger partial charge is 0.0546 e. The molecule has 2 N–H and O–H groups in total. The highest BCUT2D eigenvalue weighted by atomic mass is 16.3. The molecule has 0 amide bonds. The zero-order chi connectivity index (χ0) is 14.8. The second kappa shape index (κ2) is 6.76. The lowest BCUT2D eigenvalue weighted by molar-refractivity contribution is 0.0255. The molecule has 0 heterocycles. The van der Waals surface area contributed by atoms with Crippen LogP contribution in [0.4, 0.5) is 0 Å². The van der Waals surface area contributed by atoms with Gasteiger partial charge >= 0.3 is 0 Å². The maximum atomic E-state index is 9.39. The molecule has 2 fully saturated rings. The lowest BCUT2D eigenvalue weighted by atomic mass is 9.81. The maximum absolute atomic E-state index is 9.39. The predicted octanol–water partition coefficient (Wildman–Crippen LogP) is 2.49. The van der Waals surface area contributed by atoms with Crippen molar-refractivity contribution < 1.29 is 5.11 Å². The highest BCUT2D eigenvalue weighted by Crippen LogP contribution is 2.41. The molecule has 0 bridgehead atoms. The van der Waals surface area contributed by atoms with Crippen molar-refractivity contribution in [2.75, 3.05) is 26.7 Å². The third-order valence-electron chi connectivity index (χ3n) is 5.41. The molecule has 3 heteroatoms. The summed E-state index contributed by atoms with van der Waals surface area (Å²) in [4.78, 5) is 2.50. The fraction of sp³-hybridized carbons (Fsp3) is 1.00. The molecule has 2 unspecified atom stereocenters. The van der Waals surface area contributed by atoms with Crippen molar-refractivity contribution in [1.29, 1.82) is 0 Å². The summed E-state index contributed by atoms with van der Waals surface area (Å²) in [6, 6.07) is 0.664. The first-order chi connectivity index (χ1) is 9.42. The Hall–Kier alpha value is -0.120. The standard InChI is InChI=1S/C17H34N2O/c1-5-8-18-16-14(6-7-17(16,2)3)12-19(4)11-13-9-15(20)10-13/h13-16,18,20H,5-12H2,1-4H3. The lowest BCUT2D eigenvalue weighted by Gasteiger charge is -2.37. The van der Waals surface area contributed by atoms with Crippen molar-refractivity contribution in [3.05, 3.63) is 0 Å². The largest absolute Gasteiger partial charge is 0.393 e. The number of nitrogens with zero attached hydrogens (tertiary/aromatic N) is 1. The van der Waals surface area contributed by atoms with Gasteiger partial charge in [-0.15, -0.1) is 0 Å². The molecule has 2 aliphatic carbocycles. The van der Waals surface area contributed by atoms with Crippen LogP contribution in [0, 0.1) is 17.3 Å². The van der Waals surface area contributed by atoms with E-state index in [2.05, 4.69) is 38.0 Å². The molecule has 0 radical (unpaired) electrons. The van der Waals surface area contributed by atoms with Crippen molar-refractivity contribution in [3.8, 4) is 0 Å². The van der Waals surface area contributed by atoms with Gasteiger partial charge in [0.05, 0.1) is 6.10 Å². The normalized spacial score (nSPS) is 36.3. The molecule has 0 spiro atoms. The van der Waals surface area contributed by atoms with Gasteiger partial charge in [0.1, 0.15) is 0 Å². The summed E-state index contributed by atoms with van der Waals surface area (Å²) in [7, 11) is 2.26. The number of hydrogen-bond donors (Lipinski definition) is 2. The van der Waals surface area contributed by atoms with Crippen LogP contribution in [0.25, 0.3) is 0 Å².